The lowest BCUT2D eigenvalue weighted by Crippen LogP contribution is -2.39. The van der Waals surface area contributed by atoms with Crippen molar-refractivity contribution in [2.24, 2.45) is 0 Å². The SMILES string of the molecule is Cc1ccsc1CN(Cc1ccco1)C(=O)C(C)Oc1cc(C)c(Cl)c(C)c1. The second-order valence-electron chi connectivity index (χ2n) is 6.93. The van der Waals surface area contributed by atoms with Crippen LogP contribution < -0.4 is 4.74 Å². The quantitative estimate of drug-likeness (QED) is 0.479. The number of rotatable bonds is 7. The molecule has 0 saturated heterocycles. The highest BCUT2D eigenvalue weighted by molar-refractivity contribution is 7.10. The first kappa shape index (κ1) is 20.5. The molecule has 2 heterocycles. The van der Waals surface area contributed by atoms with Gasteiger partial charge in [-0.25, -0.2) is 0 Å². The van der Waals surface area contributed by atoms with Gasteiger partial charge < -0.3 is 14.1 Å². The minimum absolute atomic E-state index is 0.0885. The van der Waals surface area contributed by atoms with Crippen molar-refractivity contribution >= 4 is 28.8 Å². The molecule has 6 heteroatoms. The third-order valence-corrected chi connectivity index (χ3v) is 6.22. The van der Waals surface area contributed by atoms with Gasteiger partial charge in [-0.1, -0.05) is 11.6 Å². The predicted molar refractivity (Wildman–Crippen MR) is 113 cm³/mol. The fourth-order valence-electron chi connectivity index (χ4n) is 3.03. The van der Waals surface area contributed by atoms with Gasteiger partial charge in [0.25, 0.3) is 5.91 Å². The summed E-state index contributed by atoms with van der Waals surface area (Å²) in [4.78, 5) is 16.1. The Morgan fingerprint density at radius 2 is 1.89 bits per heavy atom. The number of thiophene rings is 1. The fourth-order valence-corrected chi connectivity index (χ4v) is 4.06. The molecule has 0 saturated carbocycles. The molecule has 0 bridgehead atoms. The van der Waals surface area contributed by atoms with Gasteiger partial charge in [0.2, 0.25) is 0 Å². The van der Waals surface area contributed by atoms with E-state index in [1.807, 2.05) is 43.5 Å². The first-order chi connectivity index (χ1) is 13.3. The minimum Gasteiger partial charge on any atom is -0.481 e. The topological polar surface area (TPSA) is 42.7 Å². The van der Waals surface area contributed by atoms with E-state index in [0.717, 1.165) is 26.8 Å². The van der Waals surface area contributed by atoms with Crippen molar-refractivity contribution < 1.29 is 13.9 Å². The van der Waals surface area contributed by atoms with Gasteiger partial charge in [0.1, 0.15) is 11.5 Å². The Labute approximate surface area is 174 Å². The predicted octanol–water partition coefficient (Wildman–Crippen LogP) is 5.92. The Balaban J connectivity index is 1.78. The molecule has 3 aromatic rings. The Hall–Kier alpha value is -2.24. The van der Waals surface area contributed by atoms with E-state index in [2.05, 4.69) is 13.0 Å². The van der Waals surface area contributed by atoms with E-state index in [4.69, 9.17) is 20.8 Å². The molecule has 28 heavy (non-hydrogen) atoms. The van der Waals surface area contributed by atoms with Gasteiger partial charge in [-0.05, 0) is 80.1 Å². The molecule has 1 unspecified atom stereocenters. The summed E-state index contributed by atoms with van der Waals surface area (Å²) in [5.41, 5.74) is 3.04. The number of ether oxygens (including phenoxy) is 1. The highest BCUT2D eigenvalue weighted by Gasteiger charge is 2.24. The molecule has 0 aliphatic rings. The highest BCUT2D eigenvalue weighted by atomic mass is 35.5. The number of hydrogen-bond acceptors (Lipinski definition) is 4. The van der Waals surface area contributed by atoms with Crippen LogP contribution in [0.15, 0.2) is 46.4 Å². The van der Waals surface area contributed by atoms with Gasteiger partial charge in [-0.3, -0.25) is 4.79 Å². The molecule has 0 N–H and O–H groups in total. The average Bonchev–Trinajstić information content (AvgIpc) is 3.30. The van der Waals surface area contributed by atoms with Crippen molar-refractivity contribution in [2.75, 3.05) is 0 Å². The summed E-state index contributed by atoms with van der Waals surface area (Å²) >= 11 is 7.88. The maximum atomic E-state index is 13.2. The van der Waals surface area contributed by atoms with Crippen LogP contribution in [-0.4, -0.2) is 16.9 Å². The van der Waals surface area contributed by atoms with Crippen molar-refractivity contribution in [1.82, 2.24) is 4.90 Å². The van der Waals surface area contributed by atoms with Crippen molar-refractivity contribution in [3.05, 3.63) is 74.3 Å². The Morgan fingerprint density at radius 3 is 2.46 bits per heavy atom. The van der Waals surface area contributed by atoms with Gasteiger partial charge >= 0.3 is 0 Å². The molecular weight excluding hydrogens is 394 g/mol. The molecular formula is C22H24ClNO3S. The summed E-state index contributed by atoms with van der Waals surface area (Å²) in [7, 11) is 0. The number of furan rings is 1. The summed E-state index contributed by atoms with van der Waals surface area (Å²) in [5.74, 6) is 1.30. The maximum absolute atomic E-state index is 13.2. The first-order valence-corrected chi connectivity index (χ1v) is 10.4. The second-order valence-corrected chi connectivity index (χ2v) is 8.31. The van der Waals surface area contributed by atoms with Crippen LogP contribution in [0.5, 0.6) is 5.75 Å². The number of aryl methyl sites for hydroxylation is 3. The molecule has 0 aliphatic carbocycles. The van der Waals surface area contributed by atoms with E-state index in [1.54, 1.807) is 29.4 Å². The zero-order valence-electron chi connectivity index (χ0n) is 16.5. The fraction of sp³-hybridized carbons (Fsp3) is 0.318. The van der Waals surface area contributed by atoms with Crippen LogP contribution in [0.2, 0.25) is 5.02 Å². The lowest BCUT2D eigenvalue weighted by molar-refractivity contribution is -0.139. The van der Waals surface area contributed by atoms with Crippen LogP contribution in [0.25, 0.3) is 0 Å². The van der Waals surface area contributed by atoms with Gasteiger partial charge in [0.15, 0.2) is 6.10 Å². The molecule has 1 amide bonds. The summed E-state index contributed by atoms with van der Waals surface area (Å²) in [6, 6.07) is 9.49. The molecule has 1 aromatic carbocycles. The third-order valence-electron chi connectivity index (χ3n) is 4.61. The molecule has 0 radical (unpaired) electrons. The van der Waals surface area contributed by atoms with Gasteiger partial charge in [-0.2, -0.15) is 0 Å². The second kappa shape index (κ2) is 8.84. The maximum Gasteiger partial charge on any atom is 0.264 e. The van der Waals surface area contributed by atoms with Crippen LogP contribution in [0, 0.1) is 20.8 Å². The lowest BCUT2D eigenvalue weighted by atomic mass is 10.1. The van der Waals surface area contributed by atoms with Gasteiger partial charge in [0, 0.05) is 9.90 Å². The molecule has 148 valence electrons. The van der Waals surface area contributed by atoms with E-state index < -0.39 is 6.10 Å². The van der Waals surface area contributed by atoms with Crippen LogP contribution in [-0.2, 0) is 17.9 Å². The molecule has 2 aromatic heterocycles. The van der Waals surface area contributed by atoms with Crippen LogP contribution >= 0.6 is 22.9 Å². The molecule has 4 nitrogen and oxygen atoms in total. The Morgan fingerprint density at radius 1 is 1.18 bits per heavy atom. The summed E-state index contributed by atoms with van der Waals surface area (Å²) < 4.78 is 11.4. The van der Waals surface area contributed by atoms with Crippen molar-refractivity contribution in [2.45, 2.75) is 46.9 Å². The summed E-state index contributed by atoms with van der Waals surface area (Å²) in [6.07, 6.45) is 0.989. The summed E-state index contributed by atoms with van der Waals surface area (Å²) in [5, 5.41) is 2.76. The zero-order chi connectivity index (χ0) is 20.3. The number of nitrogens with zero attached hydrogens (tertiary/aromatic N) is 1. The van der Waals surface area contributed by atoms with Crippen LogP contribution in [0.3, 0.4) is 0 Å². The molecule has 0 spiro atoms. The van der Waals surface area contributed by atoms with E-state index in [9.17, 15) is 4.79 Å². The number of benzene rings is 1. The highest BCUT2D eigenvalue weighted by Crippen LogP contribution is 2.27. The molecule has 0 aliphatic heterocycles. The zero-order valence-corrected chi connectivity index (χ0v) is 18.1. The third kappa shape index (κ3) is 4.78. The standard InChI is InChI=1S/C22H24ClNO3S/c1-14-7-9-28-20(14)13-24(12-18-6-5-8-26-18)22(25)17(4)27-19-10-15(2)21(23)16(3)11-19/h5-11,17H,12-13H2,1-4H3. The normalized spacial score (nSPS) is 12.0. The van der Waals surface area contributed by atoms with Crippen LogP contribution in [0.1, 0.15) is 34.3 Å². The molecule has 1 atom stereocenters. The van der Waals surface area contributed by atoms with Crippen molar-refractivity contribution in [1.29, 1.82) is 0 Å². The number of halogens is 1. The lowest BCUT2D eigenvalue weighted by Gasteiger charge is -2.25. The summed E-state index contributed by atoms with van der Waals surface area (Å²) in [6.45, 7) is 8.61. The van der Waals surface area contributed by atoms with E-state index in [1.165, 1.54) is 5.56 Å². The smallest absolute Gasteiger partial charge is 0.264 e. The van der Waals surface area contributed by atoms with E-state index >= 15 is 0 Å². The number of amides is 1. The van der Waals surface area contributed by atoms with Crippen molar-refractivity contribution in [3.8, 4) is 5.75 Å². The van der Waals surface area contributed by atoms with Gasteiger partial charge in [-0.15, -0.1) is 11.3 Å². The average molecular weight is 418 g/mol. The van der Waals surface area contributed by atoms with E-state index in [0.29, 0.717) is 18.8 Å². The number of carbonyl (C=O) groups excluding carboxylic acids is 1. The molecule has 0 fully saturated rings. The monoisotopic (exact) mass is 417 g/mol. The number of carbonyl (C=O) groups is 1. The van der Waals surface area contributed by atoms with E-state index in [-0.39, 0.29) is 5.91 Å². The number of hydrogen-bond donors (Lipinski definition) is 0. The van der Waals surface area contributed by atoms with Crippen molar-refractivity contribution in [3.63, 3.8) is 0 Å². The van der Waals surface area contributed by atoms with Crippen LogP contribution in [0.4, 0.5) is 0 Å². The van der Waals surface area contributed by atoms with Gasteiger partial charge in [0.05, 0.1) is 19.4 Å². The molecule has 3 rings (SSSR count). The first-order valence-electron chi connectivity index (χ1n) is 9.12. The Kier molecular flexibility index (Phi) is 6.47. The minimum atomic E-state index is -0.629. The largest absolute Gasteiger partial charge is 0.481 e. The Bertz CT molecular complexity index is 926.